The Morgan fingerprint density at radius 2 is 1.84 bits per heavy atom. The van der Waals surface area contributed by atoms with Gasteiger partial charge in [0.2, 0.25) is 0 Å². The van der Waals surface area contributed by atoms with E-state index in [1.165, 1.54) is 24.3 Å². The Morgan fingerprint density at radius 1 is 1.11 bits per heavy atom. The average Bonchev–Trinajstić information content (AvgIpc) is 2.33. The fourth-order valence-corrected chi connectivity index (χ4v) is 1.76. The summed E-state index contributed by atoms with van der Waals surface area (Å²) < 4.78 is 26.6. The molecule has 1 amide bonds. The molecular formula is C14H10ClF2NO. The van der Waals surface area contributed by atoms with Crippen LogP contribution in [0.3, 0.4) is 0 Å². The zero-order chi connectivity index (χ0) is 14.0. The van der Waals surface area contributed by atoms with Crippen molar-refractivity contribution in [2.24, 2.45) is 0 Å². The second-order valence-electron chi connectivity index (χ2n) is 4.07. The van der Waals surface area contributed by atoms with Gasteiger partial charge in [-0.05, 0) is 42.8 Å². The van der Waals surface area contributed by atoms with Crippen LogP contribution in [0, 0.1) is 18.6 Å². The van der Waals surface area contributed by atoms with Gasteiger partial charge in [0.05, 0.1) is 10.6 Å². The summed E-state index contributed by atoms with van der Waals surface area (Å²) in [5.41, 5.74) is 0.946. The average molecular weight is 282 g/mol. The molecule has 0 aliphatic carbocycles. The Morgan fingerprint density at radius 3 is 2.47 bits per heavy atom. The van der Waals surface area contributed by atoms with Crippen LogP contribution < -0.4 is 5.32 Å². The molecule has 1 N–H and O–H groups in total. The van der Waals surface area contributed by atoms with Crippen LogP contribution in [-0.2, 0) is 0 Å². The number of benzene rings is 2. The summed E-state index contributed by atoms with van der Waals surface area (Å²) in [6, 6.07) is 8.04. The summed E-state index contributed by atoms with van der Waals surface area (Å²) in [6.07, 6.45) is 0. The summed E-state index contributed by atoms with van der Waals surface area (Å²) in [6.45, 7) is 1.73. The number of hydrogen-bond acceptors (Lipinski definition) is 1. The number of nitrogens with one attached hydrogen (secondary N) is 1. The first kappa shape index (κ1) is 13.5. The Kier molecular flexibility index (Phi) is 3.81. The van der Waals surface area contributed by atoms with Gasteiger partial charge in [-0.15, -0.1) is 0 Å². The molecule has 0 unspecified atom stereocenters. The lowest BCUT2D eigenvalue weighted by Crippen LogP contribution is -2.13. The van der Waals surface area contributed by atoms with Crippen molar-refractivity contribution in [3.63, 3.8) is 0 Å². The van der Waals surface area contributed by atoms with Crippen molar-refractivity contribution in [3.8, 4) is 0 Å². The van der Waals surface area contributed by atoms with Gasteiger partial charge in [0.15, 0.2) is 0 Å². The van der Waals surface area contributed by atoms with Crippen LogP contribution >= 0.6 is 11.6 Å². The van der Waals surface area contributed by atoms with E-state index in [-0.39, 0.29) is 10.6 Å². The molecule has 0 bridgehead atoms. The van der Waals surface area contributed by atoms with E-state index in [4.69, 9.17) is 11.6 Å². The van der Waals surface area contributed by atoms with E-state index in [9.17, 15) is 13.6 Å². The number of aryl methyl sites for hydroxylation is 1. The monoisotopic (exact) mass is 281 g/mol. The normalized spacial score (nSPS) is 10.3. The zero-order valence-electron chi connectivity index (χ0n) is 10.0. The molecule has 2 aromatic rings. The predicted molar refractivity (Wildman–Crippen MR) is 70.5 cm³/mol. The third kappa shape index (κ3) is 3.09. The van der Waals surface area contributed by atoms with E-state index in [2.05, 4.69) is 5.32 Å². The third-order valence-corrected chi connectivity index (χ3v) is 2.84. The predicted octanol–water partition coefficient (Wildman–Crippen LogP) is 4.18. The second-order valence-corrected chi connectivity index (χ2v) is 4.47. The van der Waals surface area contributed by atoms with Gasteiger partial charge in [0, 0.05) is 5.69 Å². The molecule has 2 aromatic carbocycles. The van der Waals surface area contributed by atoms with Crippen LogP contribution in [0.1, 0.15) is 15.9 Å². The number of carbonyl (C=O) groups excluding carboxylic acids is 1. The van der Waals surface area contributed by atoms with Gasteiger partial charge in [-0.3, -0.25) is 4.79 Å². The van der Waals surface area contributed by atoms with Gasteiger partial charge in [-0.2, -0.15) is 0 Å². The molecule has 0 atom stereocenters. The summed E-state index contributed by atoms with van der Waals surface area (Å²) in [4.78, 5) is 11.9. The molecular weight excluding hydrogens is 272 g/mol. The number of halogens is 3. The molecule has 98 valence electrons. The van der Waals surface area contributed by atoms with Crippen molar-refractivity contribution in [1.29, 1.82) is 0 Å². The first-order valence-corrected chi connectivity index (χ1v) is 5.88. The lowest BCUT2D eigenvalue weighted by molar-refractivity contribution is 0.102. The Hall–Kier alpha value is -1.94. The number of hydrogen-bond donors (Lipinski definition) is 1. The van der Waals surface area contributed by atoms with Crippen LogP contribution in [0.5, 0.6) is 0 Å². The standard InChI is InChI=1S/C14H10ClF2NO/c1-8-2-4-10(13(17)6-8)14(19)18-9-3-5-12(16)11(15)7-9/h2-7H,1H3,(H,18,19). The van der Waals surface area contributed by atoms with Gasteiger partial charge in [0.1, 0.15) is 11.6 Å². The maximum Gasteiger partial charge on any atom is 0.258 e. The van der Waals surface area contributed by atoms with E-state index in [1.807, 2.05) is 0 Å². The maximum atomic E-state index is 13.6. The quantitative estimate of drug-likeness (QED) is 0.879. The van der Waals surface area contributed by atoms with Crippen molar-refractivity contribution < 1.29 is 13.6 Å². The van der Waals surface area contributed by atoms with E-state index >= 15 is 0 Å². The molecule has 19 heavy (non-hydrogen) atoms. The molecule has 5 heteroatoms. The Labute approximate surface area is 114 Å². The molecule has 0 aliphatic rings. The molecule has 0 saturated carbocycles. The topological polar surface area (TPSA) is 29.1 Å². The van der Waals surface area contributed by atoms with Crippen molar-refractivity contribution >= 4 is 23.2 Å². The highest BCUT2D eigenvalue weighted by Gasteiger charge is 2.12. The lowest BCUT2D eigenvalue weighted by atomic mass is 10.1. The molecule has 0 fully saturated rings. The van der Waals surface area contributed by atoms with Crippen molar-refractivity contribution in [2.75, 3.05) is 5.32 Å². The molecule has 0 spiro atoms. The molecule has 0 aliphatic heterocycles. The van der Waals surface area contributed by atoms with Crippen molar-refractivity contribution in [2.45, 2.75) is 6.92 Å². The molecule has 0 radical (unpaired) electrons. The summed E-state index contributed by atoms with van der Waals surface area (Å²) in [7, 11) is 0. The highest BCUT2D eigenvalue weighted by Crippen LogP contribution is 2.20. The number of anilines is 1. The SMILES string of the molecule is Cc1ccc(C(=O)Nc2ccc(F)c(Cl)c2)c(F)c1. The molecule has 0 heterocycles. The zero-order valence-corrected chi connectivity index (χ0v) is 10.8. The minimum atomic E-state index is -0.611. The fraction of sp³-hybridized carbons (Fsp3) is 0.0714. The largest absolute Gasteiger partial charge is 0.322 e. The minimum Gasteiger partial charge on any atom is -0.322 e. The smallest absolute Gasteiger partial charge is 0.258 e. The van der Waals surface area contributed by atoms with Gasteiger partial charge < -0.3 is 5.32 Å². The van der Waals surface area contributed by atoms with E-state index < -0.39 is 17.5 Å². The van der Waals surface area contributed by atoms with E-state index in [0.717, 1.165) is 11.6 Å². The highest BCUT2D eigenvalue weighted by molar-refractivity contribution is 6.31. The van der Waals surface area contributed by atoms with Gasteiger partial charge in [-0.1, -0.05) is 17.7 Å². The summed E-state index contributed by atoms with van der Waals surface area (Å²) >= 11 is 5.59. The van der Waals surface area contributed by atoms with Gasteiger partial charge in [-0.25, -0.2) is 8.78 Å². The second kappa shape index (κ2) is 5.36. The maximum absolute atomic E-state index is 13.6. The minimum absolute atomic E-state index is 0.0777. The first-order chi connectivity index (χ1) is 8.97. The van der Waals surface area contributed by atoms with Crippen LogP contribution in [-0.4, -0.2) is 5.91 Å². The summed E-state index contributed by atoms with van der Waals surface area (Å²) in [5.74, 6) is -1.80. The van der Waals surface area contributed by atoms with E-state index in [1.54, 1.807) is 13.0 Å². The third-order valence-electron chi connectivity index (χ3n) is 2.55. The molecule has 0 aromatic heterocycles. The number of rotatable bonds is 2. The molecule has 2 nitrogen and oxygen atoms in total. The molecule has 2 rings (SSSR count). The van der Waals surface area contributed by atoms with Crippen LogP contribution in [0.25, 0.3) is 0 Å². The van der Waals surface area contributed by atoms with Crippen molar-refractivity contribution in [1.82, 2.24) is 0 Å². The van der Waals surface area contributed by atoms with Crippen LogP contribution in [0.4, 0.5) is 14.5 Å². The Bertz CT molecular complexity index is 643. The van der Waals surface area contributed by atoms with Crippen LogP contribution in [0.2, 0.25) is 5.02 Å². The number of amides is 1. The van der Waals surface area contributed by atoms with Gasteiger partial charge >= 0.3 is 0 Å². The van der Waals surface area contributed by atoms with Gasteiger partial charge in [0.25, 0.3) is 5.91 Å². The molecule has 0 saturated heterocycles. The first-order valence-electron chi connectivity index (χ1n) is 5.50. The van der Waals surface area contributed by atoms with E-state index in [0.29, 0.717) is 5.69 Å². The lowest BCUT2D eigenvalue weighted by Gasteiger charge is -2.07. The van der Waals surface area contributed by atoms with Crippen molar-refractivity contribution in [3.05, 3.63) is 64.2 Å². The fourth-order valence-electron chi connectivity index (χ4n) is 1.58. The number of carbonyl (C=O) groups is 1. The highest BCUT2D eigenvalue weighted by atomic mass is 35.5. The Balaban J connectivity index is 2.23. The van der Waals surface area contributed by atoms with Crippen LogP contribution in [0.15, 0.2) is 36.4 Å². The summed E-state index contributed by atoms with van der Waals surface area (Å²) in [5, 5.41) is 2.35.